The fraction of sp³-hybridized carbons (Fsp3) is 0.118. The molecule has 0 aliphatic carbocycles. The first-order valence-corrected chi connectivity index (χ1v) is 6.64. The number of anilines is 1. The van der Waals surface area contributed by atoms with Gasteiger partial charge in [-0.2, -0.15) is 5.10 Å². The highest BCUT2D eigenvalue weighted by Crippen LogP contribution is 2.24. The van der Waals surface area contributed by atoms with E-state index < -0.39 is 0 Å². The minimum Gasteiger partial charge on any atom is -0.384 e. The Kier molecular flexibility index (Phi) is 3.03. The zero-order chi connectivity index (χ0) is 14.1. The molecule has 3 aromatic rings. The lowest BCUT2D eigenvalue weighted by atomic mass is 10.1. The summed E-state index contributed by atoms with van der Waals surface area (Å²) >= 11 is 0. The molecule has 100 valence electrons. The number of aryl methyl sites for hydroxylation is 2. The van der Waals surface area contributed by atoms with Gasteiger partial charge in [-0.25, -0.2) is 4.68 Å². The molecule has 1 heterocycles. The molecular formula is C17H17N3. The molecule has 0 aliphatic rings. The van der Waals surface area contributed by atoms with Gasteiger partial charge in [0.05, 0.1) is 11.4 Å². The molecule has 0 saturated heterocycles. The molecule has 0 aliphatic heterocycles. The molecule has 0 saturated carbocycles. The number of para-hydroxylation sites is 1. The van der Waals surface area contributed by atoms with Crippen LogP contribution in [0.5, 0.6) is 0 Å². The van der Waals surface area contributed by atoms with Crippen LogP contribution in [-0.4, -0.2) is 9.78 Å². The summed E-state index contributed by atoms with van der Waals surface area (Å²) in [5.41, 5.74) is 11.5. The highest BCUT2D eigenvalue weighted by molar-refractivity contribution is 5.64. The number of benzene rings is 2. The van der Waals surface area contributed by atoms with Gasteiger partial charge in [0.25, 0.3) is 0 Å². The number of aromatic nitrogens is 2. The molecule has 3 heteroatoms. The van der Waals surface area contributed by atoms with E-state index in [-0.39, 0.29) is 0 Å². The number of nitrogen functional groups attached to an aromatic ring is 1. The van der Waals surface area contributed by atoms with E-state index in [2.05, 4.69) is 43.2 Å². The molecule has 2 N–H and O–H groups in total. The van der Waals surface area contributed by atoms with Crippen LogP contribution in [0.25, 0.3) is 16.9 Å². The summed E-state index contributed by atoms with van der Waals surface area (Å²) in [7, 11) is 0. The van der Waals surface area contributed by atoms with Crippen molar-refractivity contribution in [3.05, 3.63) is 65.7 Å². The van der Waals surface area contributed by atoms with Gasteiger partial charge in [-0.3, -0.25) is 0 Å². The Morgan fingerprint density at radius 1 is 0.950 bits per heavy atom. The van der Waals surface area contributed by atoms with Gasteiger partial charge in [-0.15, -0.1) is 0 Å². The second-order valence-electron chi connectivity index (χ2n) is 5.02. The molecule has 0 atom stereocenters. The summed E-state index contributed by atoms with van der Waals surface area (Å²) in [6, 6.07) is 18.3. The van der Waals surface area contributed by atoms with Crippen molar-refractivity contribution in [2.75, 3.05) is 5.73 Å². The molecule has 3 nitrogen and oxygen atoms in total. The average molecular weight is 263 g/mol. The Balaban J connectivity index is 2.10. The quantitative estimate of drug-likeness (QED) is 0.765. The van der Waals surface area contributed by atoms with Crippen LogP contribution in [0.3, 0.4) is 0 Å². The number of rotatable bonds is 2. The molecular weight excluding hydrogens is 246 g/mol. The number of hydrogen-bond donors (Lipinski definition) is 1. The monoisotopic (exact) mass is 263 g/mol. The van der Waals surface area contributed by atoms with E-state index in [0.29, 0.717) is 5.82 Å². The first kappa shape index (κ1) is 12.5. The first-order valence-electron chi connectivity index (χ1n) is 6.64. The van der Waals surface area contributed by atoms with Gasteiger partial charge in [0.15, 0.2) is 0 Å². The van der Waals surface area contributed by atoms with E-state index in [1.54, 1.807) is 4.68 Å². The van der Waals surface area contributed by atoms with E-state index in [1.165, 1.54) is 5.56 Å². The largest absolute Gasteiger partial charge is 0.384 e. The van der Waals surface area contributed by atoms with E-state index in [0.717, 1.165) is 22.5 Å². The van der Waals surface area contributed by atoms with Gasteiger partial charge in [0, 0.05) is 11.6 Å². The highest BCUT2D eigenvalue weighted by Gasteiger charge is 2.10. The SMILES string of the molecule is Cc1cccc(-c2cc(N)n(-c3ccccc3C)n2)c1. The standard InChI is InChI=1S/C17H17N3/c1-12-6-5-8-14(10-12)15-11-17(18)20(19-15)16-9-4-3-7-13(16)2/h3-11H,18H2,1-2H3. The van der Waals surface area contributed by atoms with Crippen molar-refractivity contribution in [3.63, 3.8) is 0 Å². The lowest BCUT2D eigenvalue weighted by molar-refractivity contribution is 0.887. The summed E-state index contributed by atoms with van der Waals surface area (Å²) in [5.74, 6) is 0.649. The summed E-state index contributed by atoms with van der Waals surface area (Å²) < 4.78 is 1.80. The van der Waals surface area contributed by atoms with Crippen molar-refractivity contribution in [1.82, 2.24) is 9.78 Å². The van der Waals surface area contributed by atoms with Gasteiger partial charge in [0.2, 0.25) is 0 Å². The summed E-state index contributed by atoms with van der Waals surface area (Å²) in [6.45, 7) is 4.13. The van der Waals surface area contributed by atoms with Crippen molar-refractivity contribution in [2.24, 2.45) is 0 Å². The maximum absolute atomic E-state index is 6.12. The molecule has 1 aromatic heterocycles. The van der Waals surface area contributed by atoms with E-state index >= 15 is 0 Å². The molecule has 0 spiro atoms. The first-order chi connectivity index (χ1) is 9.65. The average Bonchev–Trinajstić information content (AvgIpc) is 2.81. The maximum Gasteiger partial charge on any atom is 0.127 e. The highest BCUT2D eigenvalue weighted by atomic mass is 15.3. The van der Waals surface area contributed by atoms with E-state index in [1.807, 2.05) is 30.3 Å². The second-order valence-corrected chi connectivity index (χ2v) is 5.02. The Labute approximate surface area is 118 Å². The van der Waals surface area contributed by atoms with Gasteiger partial charge < -0.3 is 5.73 Å². The topological polar surface area (TPSA) is 43.8 Å². The Bertz CT molecular complexity index is 756. The van der Waals surface area contributed by atoms with Crippen molar-refractivity contribution in [3.8, 4) is 16.9 Å². The Morgan fingerprint density at radius 3 is 2.50 bits per heavy atom. The smallest absolute Gasteiger partial charge is 0.127 e. The zero-order valence-corrected chi connectivity index (χ0v) is 11.7. The molecule has 2 aromatic carbocycles. The van der Waals surface area contributed by atoms with Gasteiger partial charge in [-0.1, -0.05) is 42.0 Å². The van der Waals surface area contributed by atoms with Crippen LogP contribution in [0.2, 0.25) is 0 Å². The third-order valence-electron chi connectivity index (χ3n) is 3.39. The fourth-order valence-corrected chi connectivity index (χ4v) is 2.34. The molecule has 0 bridgehead atoms. The Morgan fingerprint density at radius 2 is 1.75 bits per heavy atom. The lowest BCUT2D eigenvalue weighted by Gasteiger charge is -2.06. The number of nitrogens with zero attached hydrogens (tertiary/aromatic N) is 2. The molecule has 0 fully saturated rings. The van der Waals surface area contributed by atoms with Crippen LogP contribution in [0, 0.1) is 13.8 Å². The second kappa shape index (κ2) is 4.85. The van der Waals surface area contributed by atoms with Crippen LogP contribution < -0.4 is 5.73 Å². The van der Waals surface area contributed by atoms with Crippen LogP contribution >= 0.6 is 0 Å². The molecule has 3 rings (SSSR count). The summed E-state index contributed by atoms with van der Waals surface area (Å²) in [6.07, 6.45) is 0. The molecule has 0 radical (unpaired) electrons. The van der Waals surface area contributed by atoms with Crippen LogP contribution in [-0.2, 0) is 0 Å². The van der Waals surface area contributed by atoms with Gasteiger partial charge >= 0.3 is 0 Å². The minimum absolute atomic E-state index is 0.649. The number of hydrogen-bond acceptors (Lipinski definition) is 2. The van der Waals surface area contributed by atoms with Crippen molar-refractivity contribution in [2.45, 2.75) is 13.8 Å². The fourth-order valence-electron chi connectivity index (χ4n) is 2.34. The van der Waals surface area contributed by atoms with Crippen LogP contribution in [0.15, 0.2) is 54.6 Å². The summed E-state index contributed by atoms with van der Waals surface area (Å²) in [5, 5.41) is 4.64. The van der Waals surface area contributed by atoms with E-state index in [9.17, 15) is 0 Å². The normalized spacial score (nSPS) is 10.7. The minimum atomic E-state index is 0.649. The lowest BCUT2D eigenvalue weighted by Crippen LogP contribution is -2.03. The molecule has 20 heavy (non-hydrogen) atoms. The van der Waals surface area contributed by atoms with Crippen LogP contribution in [0.4, 0.5) is 5.82 Å². The van der Waals surface area contributed by atoms with Crippen molar-refractivity contribution >= 4 is 5.82 Å². The predicted octanol–water partition coefficient (Wildman–Crippen LogP) is 3.74. The van der Waals surface area contributed by atoms with Crippen molar-refractivity contribution < 1.29 is 0 Å². The summed E-state index contributed by atoms with van der Waals surface area (Å²) in [4.78, 5) is 0. The Hall–Kier alpha value is -2.55. The maximum atomic E-state index is 6.12. The third-order valence-corrected chi connectivity index (χ3v) is 3.39. The number of nitrogens with two attached hydrogens (primary N) is 1. The van der Waals surface area contributed by atoms with E-state index in [4.69, 9.17) is 5.73 Å². The van der Waals surface area contributed by atoms with Crippen LogP contribution in [0.1, 0.15) is 11.1 Å². The van der Waals surface area contributed by atoms with Gasteiger partial charge in [0.1, 0.15) is 5.82 Å². The predicted molar refractivity (Wildman–Crippen MR) is 82.9 cm³/mol. The zero-order valence-electron chi connectivity index (χ0n) is 11.7. The third kappa shape index (κ3) is 2.18. The van der Waals surface area contributed by atoms with Gasteiger partial charge in [-0.05, 0) is 31.5 Å². The van der Waals surface area contributed by atoms with Crippen molar-refractivity contribution in [1.29, 1.82) is 0 Å². The molecule has 0 amide bonds. The molecule has 0 unspecified atom stereocenters.